The van der Waals surface area contributed by atoms with Crippen molar-refractivity contribution in [2.75, 3.05) is 6.61 Å². The number of rotatable bonds is 7. The molecule has 0 saturated heterocycles. The number of aryl methyl sites for hydroxylation is 2. The second-order valence-corrected chi connectivity index (χ2v) is 7.53. The number of carboxylic acid groups (broad SMARTS) is 1. The molecule has 0 spiro atoms. The molecule has 29 heavy (non-hydrogen) atoms. The van der Waals surface area contributed by atoms with Crippen LogP contribution in [0.4, 0.5) is 0 Å². The van der Waals surface area contributed by atoms with Crippen LogP contribution in [-0.2, 0) is 17.6 Å². The number of nitrogens with zero attached hydrogens (tertiary/aromatic N) is 1. The Labute approximate surface area is 170 Å². The van der Waals surface area contributed by atoms with Crippen LogP contribution in [-0.4, -0.2) is 22.7 Å². The van der Waals surface area contributed by atoms with Crippen LogP contribution in [0, 0.1) is 6.92 Å². The minimum absolute atomic E-state index is 0.111. The molecule has 1 heterocycles. The van der Waals surface area contributed by atoms with Crippen LogP contribution in [0.2, 0.25) is 0 Å². The Morgan fingerprint density at radius 3 is 2.86 bits per heavy atom. The molecular weight excluding hydrogens is 366 g/mol. The molecule has 1 aliphatic carbocycles. The SMILES string of the molecule is Cc1oc(-c2ccccc2)nc1CCOc1ccc2c(c1)CCC[C@H]2CC(=O)O. The lowest BCUT2D eigenvalue weighted by molar-refractivity contribution is -0.137. The van der Waals surface area contributed by atoms with Crippen molar-refractivity contribution in [3.63, 3.8) is 0 Å². The minimum atomic E-state index is -0.735. The van der Waals surface area contributed by atoms with Gasteiger partial charge in [0, 0.05) is 12.0 Å². The third-order valence-electron chi connectivity index (χ3n) is 5.49. The Hall–Kier alpha value is -3.08. The Bertz CT molecular complexity index is 993. The quantitative estimate of drug-likeness (QED) is 0.602. The van der Waals surface area contributed by atoms with Gasteiger partial charge in [0.2, 0.25) is 5.89 Å². The molecule has 5 nitrogen and oxygen atoms in total. The third kappa shape index (κ3) is 4.50. The molecule has 0 saturated carbocycles. The van der Waals surface area contributed by atoms with Gasteiger partial charge in [-0.25, -0.2) is 4.98 Å². The van der Waals surface area contributed by atoms with Gasteiger partial charge in [-0.2, -0.15) is 0 Å². The zero-order valence-electron chi connectivity index (χ0n) is 16.6. The van der Waals surface area contributed by atoms with Gasteiger partial charge in [-0.3, -0.25) is 4.79 Å². The summed E-state index contributed by atoms with van der Waals surface area (Å²) in [6.07, 6.45) is 3.80. The molecule has 1 N–H and O–H groups in total. The highest BCUT2D eigenvalue weighted by atomic mass is 16.5. The first-order valence-corrected chi connectivity index (χ1v) is 10.1. The number of aliphatic carboxylic acids is 1. The Morgan fingerprint density at radius 2 is 2.07 bits per heavy atom. The summed E-state index contributed by atoms with van der Waals surface area (Å²) >= 11 is 0. The van der Waals surface area contributed by atoms with Crippen LogP contribution < -0.4 is 4.74 Å². The highest BCUT2D eigenvalue weighted by Crippen LogP contribution is 2.35. The molecule has 0 bridgehead atoms. The van der Waals surface area contributed by atoms with E-state index in [1.165, 1.54) is 5.56 Å². The van der Waals surface area contributed by atoms with Crippen molar-refractivity contribution in [2.24, 2.45) is 0 Å². The maximum absolute atomic E-state index is 11.1. The van der Waals surface area contributed by atoms with Crippen LogP contribution in [0.1, 0.15) is 47.8 Å². The average Bonchev–Trinajstić information content (AvgIpc) is 3.09. The van der Waals surface area contributed by atoms with Crippen LogP contribution in [0.5, 0.6) is 5.75 Å². The number of hydrogen-bond acceptors (Lipinski definition) is 4. The van der Waals surface area contributed by atoms with E-state index in [0.717, 1.165) is 47.6 Å². The van der Waals surface area contributed by atoms with Gasteiger partial charge in [-0.05, 0) is 67.5 Å². The lowest BCUT2D eigenvalue weighted by atomic mass is 9.81. The zero-order valence-corrected chi connectivity index (χ0v) is 16.6. The molecule has 0 fully saturated rings. The monoisotopic (exact) mass is 391 g/mol. The molecule has 4 rings (SSSR count). The fourth-order valence-corrected chi connectivity index (χ4v) is 4.03. The number of benzene rings is 2. The second kappa shape index (κ2) is 8.52. The third-order valence-corrected chi connectivity index (χ3v) is 5.49. The summed E-state index contributed by atoms with van der Waals surface area (Å²) in [6.45, 7) is 2.44. The van der Waals surface area contributed by atoms with Crippen LogP contribution >= 0.6 is 0 Å². The summed E-state index contributed by atoms with van der Waals surface area (Å²) in [6, 6.07) is 15.9. The van der Waals surface area contributed by atoms with Gasteiger partial charge in [-0.15, -0.1) is 0 Å². The number of oxazole rings is 1. The van der Waals surface area contributed by atoms with Crippen LogP contribution in [0.3, 0.4) is 0 Å². The summed E-state index contributed by atoms with van der Waals surface area (Å²) in [5, 5.41) is 9.13. The molecule has 0 amide bonds. The molecule has 150 valence electrons. The Morgan fingerprint density at radius 1 is 1.24 bits per heavy atom. The first-order chi connectivity index (χ1) is 14.1. The van der Waals surface area contributed by atoms with E-state index in [2.05, 4.69) is 11.1 Å². The molecule has 1 aliphatic rings. The van der Waals surface area contributed by atoms with Crippen molar-refractivity contribution >= 4 is 5.97 Å². The Balaban J connectivity index is 1.39. The van der Waals surface area contributed by atoms with Gasteiger partial charge >= 0.3 is 5.97 Å². The average molecular weight is 391 g/mol. The largest absolute Gasteiger partial charge is 0.493 e. The zero-order chi connectivity index (χ0) is 20.2. The van der Waals surface area contributed by atoms with E-state index in [1.807, 2.05) is 49.4 Å². The summed E-state index contributed by atoms with van der Waals surface area (Å²) in [5.41, 5.74) is 4.24. The van der Waals surface area contributed by atoms with Crippen molar-refractivity contribution in [2.45, 2.75) is 44.9 Å². The number of aromatic nitrogens is 1. The minimum Gasteiger partial charge on any atom is -0.493 e. The Kier molecular flexibility index (Phi) is 5.65. The predicted molar refractivity (Wildman–Crippen MR) is 110 cm³/mol. The van der Waals surface area contributed by atoms with Gasteiger partial charge in [0.1, 0.15) is 11.5 Å². The number of carboxylic acids is 1. The second-order valence-electron chi connectivity index (χ2n) is 7.53. The van der Waals surface area contributed by atoms with E-state index in [1.54, 1.807) is 0 Å². The van der Waals surface area contributed by atoms with E-state index in [0.29, 0.717) is 18.9 Å². The van der Waals surface area contributed by atoms with Crippen molar-refractivity contribution < 1.29 is 19.1 Å². The highest BCUT2D eigenvalue weighted by molar-refractivity contribution is 5.68. The highest BCUT2D eigenvalue weighted by Gasteiger charge is 2.23. The molecule has 1 aromatic heterocycles. The van der Waals surface area contributed by atoms with Crippen molar-refractivity contribution in [1.29, 1.82) is 0 Å². The standard InChI is InChI=1S/C24H25NO4/c1-16-22(25-24(29-16)17-6-3-2-4-7-17)12-13-28-20-10-11-21-18(14-20)8-5-9-19(21)15-23(26)27/h2-4,6-7,10-11,14,19H,5,8-9,12-13,15H2,1H3,(H,26,27)/t19-/m0/s1. The van der Waals surface area contributed by atoms with E-state index in [9.17, 15) is 4.79 Å². The van der Waals surface area contributed by atoms with E-state index in [-0.39, 0.29) is 12.3 Å². The summed E-state index contributed by atoms with van der Waals surface area (Å²) in [7, 11) is 0. The molecule has 2 aromatic carbocycles. The fourth-order valence-electron chi connectivity index (χ4n) is 4.03. The lowest BCUT2D eigenvalue weighted by Crippen LogP contribution is -2.14. The van der Waals surface area contributed by atoms with Gasteiger partial charge in [-0.1, -0.05) is 24.3 Å². The fraction of sp³-hybridized carbons (Fsp3) is 0.333. The van der Waals surface area contributed by atoms with Crippen molar-refractivity contribution in [3.8, 4) is 17.2 Å². The van der Waals surface area contributed by atoms with Gasteiger partial charge in [0.25, 0.3) is 0 Å². The summed E-state index contributed by atoms with van der Waals surface area (Å²) in [5.74, 6) is 1.65. The molecular formula is C24H25NO4. The molecule has 0 unspecified atom stereocenters. The topological polar surface area (TPSA) is 72.6 Å². The van der Waals surface area contributed by atoms with Crippen LogP contribution in [0.25, 0.3) is 11.5 Å². The number of ether oxygens (including phenoxy) is 1. The van der Waals surface area contributed by atoms with E-state index in [4.69, 9.17) is 14.3 Å². The van der Waals surface area contributed by atoms with Gasteiger partial charge in [0.15, 0.2) is 0 Å². The maximum Gasteiger partial charge on any atom is 0.303 e. The molecule has 5 heteroatoms. The number of fused-ring (bicyclic) bond motifs is 1. The van der Waals surface area contributed by atoms with Gasteiger partial charge in [0.05, 0.1) is 18.7 Å². The number of carbonyl (C=O) groups is 1. The molecule has 0 radical (unpaired) electrons. The van der Waals surface area contributed by atoms with Crippen LogP contribution in [0.15, 0.2) is 52.9 Å². The molecule has 3 aromatic rings. The van der Waals surface area contributed by atoms with Gasteiger partial charge < -0.3 is 14.3 Å². The maximum atomic E-state index is 11.1. The summed E-state index contributed by atoms with van der Waals surface area (Å²) in [4.78, 5) is 15.7. The predicted octanol–water partition coefficient (Wildman–Crippen LogP) is 5.17. The number of hydrogen-bond donors (Lipinski definition) is 1. The first-order valence-electron chi connectivity index (χ1n) is 10.1. The van der Waals surface area contributed by atoms with Crippen molar-refractivity contribution in [3.05, 3.63) is 71.1 Å². The summed E-state index contributed by atoms with van der Waals surface area (Å²) < 4.78 is 11.8. The molecule has 0 aliphatic heterocycles. The first kappa shape index (κ1) is 19.2. The van der Waals surface area contributed by atoms with E-state index < -0.39 is 5.97 Å². The lowest BCUT2D eigenvalue weighted by Gasteiger charge is -2.24. The normalized spacial score (nSPS) is 15.7. The smallest absolute Gasteiger partial charge is 0.303 e. The van der Waals surface area contributed by atoms with Crippen molar-refractivity contribution in [1.82, 2.24) is 4.98 Å². The molecule has 1 atom stereocenters. The van der Waals surface area contributed by atoms with E-state index >= 15 is 0 Å².